The van der Waals surface area contributed by atoms with E-state index in [1.807, 2.05) is 13.8 Å². The standard InChI is InChI=1S/C11H26N2O3S/c1-11(2)5-10-17(14,15)13(7-4-6-12)8-9-16-3/h11H,4-10,12H2,1-3H3. The Kier molecular flexibility index (Phi) is 8.77. The largest absolute Gasteiger partial charge is 0.383 e. The highest BCUT2D eigenvalue weighted by Gasteiger charge is 2.21. The molecule has 17 heavy (non-hydrogen) atoms. The number of nitrogens with two attached hydrogens (primary N) is 1. The van der Waals surface area contributed by atoms with E-state index in [0.29, 0.717) is 45.0 Å². The fourth-order valence-corrected chi connectivity index (χ4v) is 3.15. The van der Waals surface area contributed by atoms with Gasteiger partial charge in [0.1, 0.15) is 0 Å². The van der Waals surface area contributed by atoms with Crippen molar-refractivity contribution in [3.63, 3.8) is 0 Å². The van der Waals surface area contributed by atoms with Crippen LogP contribution in [-0.4, -0.2) is 51.8 Å². The molecule has 5 nitrogen and oxygen atoms in total. The number of hydrogen-bond acceptors (Lipinski definition) is 4. The maximum absolute atomic E-state index is 12.1. The Morgan fingerprint density at radius 2 is 1.94 bits per heavy atom. The smallest absolute Gasteiger partial charge is 0.214 e. The van der Waals surface area contributed by atoms with E-state index in [9.17, 15) is 8.42 Å². The number of ether oxygens (including phenoxy) is 1. The van der Waals surface area contributed by atoms with Gasteiger partial charge in [0.25, 0.3) is 0 Å². The molecule has 0 aromatic carbocycles. The second-order valence-corrected chi connectivity index (χ2v) is 6.62. The third-order valence-corrected chi connectivity index (χ3v) is 4.41. The lowest BCUT2D eigenvalue weighted by molar-refractivity contribution is 0.178. The van der Waals surface area contributed by atoms with Crippen LogP contribution in [-0.2, 0) is 14.8 Å². The van der Waals surface area contributed by atoms with Crippen LogP contribution in [0, 0.1) is 5.92 Å². The van der Waals surface area contributed by atoms with Gasteiger partial charge in [0.15, 0.2) is 0 Å². The monoisotopic (exact) mass is 266 g/mol. The lowest BCUT2D eigenvalue weighted by Crippen LogP contribution is -2.37. The minimum atomic E-state index is -3.16. The van der Waals surface area contributed by atoms with Gasteiger partial charge in [-0.2, -0.15) is 4.31 Å². The second-order valence-electron chi connectivity index (χ2n) is 4.53. The molecule has 104 valence electrons. The van der Waals surface area contributed by atoms with Crippen LogP contribution in [0.25, 0.3) is 0 Å². The third-order valence-electron chi connectivity index (χ3n) is 2.50. The molecule has 0 saturated heterocycles. The number of nitrogens with zero attached hydrogens (tertiary/aromatic N) is 1. The zero-order chi connectivity index (χ0) is 13.3. The molecule has 0 amide bonds. The van der Waals surface area contributed by atoms with Crippen LogP contribution in [0.2, 0.25) is 0 Å². The zero-order valence-electron chi connectivity index (χ0n) is 11.2. The molecule has 6 heteroatoms. The molecule has 0 aliphatic heterocycles. The van der Waals surface area contributed by atoms with Gasteiger partial charge in [0.2, 0.25) is 10.0 Å². The maximum Gasteiger partial charge on any atom is 0.214 e. The topological polar surface area (TPSA) is 72.6 Å². The van der Waals surface area contributed by atoms with Gasteiger partial charge in [-0.05, 0) is 25.3 Å². The quantitative estimate of drug-likeness (QED) is 0.630. The number of sulfonamides is 1. The summed E-state index contributed by atoms with van der Waals surface area (Å²) in [4.78, 5) is 0. The molecule has 0 rings (SSSR count). The molecule has 0 saturated carbocycles. The lowest BCUT2D eigenvalue weighted by atomic mass is 10.2. The van der Waals surface area contributed by atoms with Gasteiger partial charge in [-0.25, -0.2) is 8.42 Å². The predicted octanol–water partition coefficient (Wildman–Crippen LogP) is 0.660. The van der Waals surface area contributed by atoms with Crippen LogP contribution in [0.5, 0.6) is 0 Å². The molecule has 0 unspecified atom stereocenters. The van der Waals surface area contributed by atoms with Crippen molar-refractivity contribution in [2.45, 2.75) is 26.7 Å². The fourth-order valence-electron chi connectivity index (χ4n) is 1.36. The van der Waals surface area contributed by atoms with Gasteiger partial charge in [0, 0.05) is 20.2 Å². The van der Waals surface area contributed by atoms with Crippen LogP contribution < -0.4 is 5.73 Å². The summed E-state index contributed by atoms with van der Waals surface area (Å²) in [5.74, 6) is 0.599. The molecule has 0 heterocycles. The van der Waals surface area contributed by atoms with E-state index in [2.05, 4.69) is 0 Å². The van der Waals surface area contributed by atoms with Gasteiger partial charge >= 0.3 is 0 Å². The number of hydrogen-bond donors (Lipinski definition) is 1. The first-order valence-corrected chi connectivity index (χ1v) is 7.71. The van der Waals surface area contributed by atoms with E-state index in [4.69, 9.17) is 10.5 Å². The van der Waals surface area contributed by atoms with Crippen molar-refractivity contribution in [1.82, 2.24) is 4.31 Å². The van der Waals surface area contributed by atoms with E-state index in [1.54, 1.807) is 7.11 Å². The van der Waals surface area contributed by atoms with Crippen molar-refractivity contribution < 1.29 is 13.2 Å². The van der Waals surface area contributed by atoms with Crippen molar-refractivity contribution in [2.75, 3.05) is 39.1 Å². The van der Waals surface area contributed by atoms with E-state index in [-0.39, 0.29) is 5.75 Å². The minimum Gasteiger partial charge on any atom is -0.383 e. The molecule has 0 atom stereocenters. The third kappa shape index (κ3) is 7.70. The molecule has 0 aromatic rings. The first-order chi connectivity index (χ1) is 7.94. The number of methoxy groups -OCH3 is 1. The highest BCUT2D eigenvalue weighted by atomic mass is 32.2. The predicted molar refractivity (Wildman–Crippen MR) is 70.4 cm³/mol. The van der Waals surface area contributed by atoms with Crippen molar-refractivity contribution in [3.8, 4) is 0 Å². The van der Waals surface area contributed by atoms with Gasteiger partial charge in [-0.3, -0.25) is 0 Å². The van der Waals surface area contributed by atoms with Crippen molar-refractivity contribution >= 4 is 10.0 Å². The van der Waals surface area contributed by atoms with E-state index < -0.39 is 10.0 Å². The molecule has 2 N–H and O–H groups in total. The van der Waals surface area contributed by atoms with Gasteiger partial charge in [-0.1, -0.05) is 13.8 Å². The second kappa shape index (κ2) is 8.85. The molecule has 0 spiro atoms. The molecule has 0 aromatic heterocycles. The van der Waals surface area contributed by atoms with Crippen LogP contribution in [0.1, 0.15) is 26.7 Å². The van der Waals surface area contributed by atoms with E-state index >= 15 is 0 Å². The van der Waals surface area contributed by atoms with Crippen LogP contribution in [0.15, 0.2) is 0 Å². The van der Waals surface area contributed by atoms with Crippen molar-refractivity contribution in [3.05, 3.63) is 0 Å². The van der Waals surface area contributed by atoms with E-state index in [0.717, 1.165) is 0 Å². The Morgan fingerprint density at radius 1 is 1.29 bits per heavy atom. The van der Waals surface area contributed by atoms with Gasteiger partial charge in [0.05, 0.1) is 12.4 Å². The Bertz CT molecular complexity index is 270. The summed E-state index contributed by atoms with van der Waals surface area (Å²) in [6.07, 6.45) is 1.37. The summed E-state index contributed by atoms with van der Waals surface area (Å²) >= 11 is 0. The molecule has 0 fully saturated rings. The Morgan fingerprint density at radius 3 is 2.41 bits per heavy atom. The Hall–Kier alpha value is -0.170. The van der Waals surface area contributed by atoms with Crippen molar-refractivity contribution in [2.24, 2.45) is 11.7 Å². The highest BCUT2D eigenvalue weighted by molar-refractivity contribution is 7.89. The average Bonchev–Trinajstić information content (AvgIpc) is 2.26. The lowest BCUT2D eigenvalue weighted by Gasteiger charge is -2.22. The summed E-state index contributed by atoms with van der Waals surface area (Å²) in [7, 11) is -1.59. The van der Waals surface area contributed by atoms with Gasteiger partial charge in [-0.15, -0.1) is 0 Å². The minimum absolute atomic E-state index is 0.207. The first-order valence-electron chi connectivity index (χ1n) is 6.11. The van der Waals surface area contributed by atoms with Crippen LogP contribution in [0.4, 0.5) is 0 Å². The SMILES string of the molecule is COCCN(CCCN)S(=O)(=O)CCC(C)C. The molecular weight excluding hydrogens is 240 g/mol. The van der Waals surface area contributed by atoms with Crippen LogP contribution >= 0.6 is 0 Å². The zero-order valence-corrected chi connectivity index (χ0v) is 12.0. The summed E-state index contributed by atoms with van der Waals surface area (Å²) in [5, 5.41) is 0. The molecule has 0 aliphatic rings. The first kappa shape index (κ1) is 16.8. The normalized spacial score (nSPS) is 12.6. The average molecular weight is 266 g/mol. The van der Waals surface area contributed by atoms with E-state index in [1.165, 1.54) is 4.31 Å². The highest BCUT2D eigenvalue weighted by Crippen LogP contribution is 2.08. The Labute approximate surface area is 105 Å². The fraction of sp³-hybridized carbons (Fsp3) is 1.00. The molecule has 0 aliphatic carbocycles. The molecular formula is C11H26N2O3S. The maximum atomic E-state index is 12.1. The Balaban J connectivity index is 4.40. The van der Waals surface area contributed by atoms with Gasteiger partial charge < -0.3 is 10.5 Å². The van der Waals surface area contributed by atoms with Crippen LogP contribution in [0.3, 0.4) is 0 Å². The molecule has 0 radical (unpaired) electrons. The summed E-state index contributed by atoms with van der Waals surface area (Å²) in [5.41, 5.74) is 5.42. The summed E-state index contributed by atoms with van der Waals surface area (Å²) < 4.78 is 30.6. The van der Waals surface area contributed by atoms with Crippen molar-refractivity contribution in [1.29, 1.82) is 0 Å². The number of rotatable bonds is 10. The summed E-state index contributed by atoms with van der Waals surface area (Å²) in [6, 6.07) is 0. The summed E-state index contributed by atoms with van der Waals surface area (Å²) in [6.45, 7) is 5.87. The molecule has 0 bridgehead atoms.